The molecule has 1 atom stereocenters. The third-order valence-corrected chi connectivity index (χ3v) is 3.89. The quantitative estimate of drug-likeness (QED) is 0.522. The molecule has 0 aliphatic heterocycles. The molecular formula is C15H10BrClF3NO2. The first-order valence-electron chi connectivity index (χ1n) is 6.31. The van der Waals surface area contributed by atoms with Gasteiger partial charge in [-0.25, -0.2) is 9.78 Å². The number of aromatic nitrogens is 1. The zero-order chi connectivity index (χ0) is 17.3. The number of esters is 1. The molecule has 0 bridgehead atoms. The van der Waals surface area contributed by atoms with Crippen molar-refractivity contribution < 1.29 is 22.7 Å². The minimum atomic E-state index is -4.80. The van der Waals surface area contributed by atoms with E-state index in [0.29, 0.717) is 4.47 Å². The Morgan fingerprint density at radius 2 is 1.96 bits per heavy atom. The van der Waals surface area contributed by atoms with Gasteiger partial charge in [-0.2, -0.15) is 13.2 Å². The summed E-state index contributed by atoms with van der Waals surface area (Å²) in [5.74, 6) is -1.14. The number of hydrogen-bond donors (Lipinski definition) is 0. The number of benzene rings is 1. The second-order valence-corrected chi connectivity index (χ2v) is 6.10. The van der Waals surface area contributed by atoms with Crippen molar-refractivity contribution in [1.29, 1.82) is 0 Å². The molecule has 3 nitrogen and oxygen atoms in total. The number of nitrogens with zero attached hydrogens (tertiary/aromatic N) is 1. The van der Waals surface area contributed by atoms with E-state index >= 15 is 0 Å². The molecule has 0 N–H and O–H groups in total. The molecule has 1 aromatic heterocycles. The molecule has 23 heavy (non-hydrogen) atoms. The van der Waals surface area contributed by atoms with Crippen LogP contribution in [0.1, 0.15) is 22.8 Å². The van der Waals surface area contributed by atoms with E-state index in [4.69, 9.17) is 16.3 Å². The van der Waals surface area contributed by atoms with Crippen LogP contribution in [0.4, 0.5) is 13.2 Å². The summed E-state index contributed by atoms with van der Waals surface area (Å²) in [6, 6.07) is 8.04. The van der Waals surface area contributed by atoms with Crippen molar-refractivity contribution in [2.45, 2.75) is 18.7 Å². The fourth-order valence-electron chi connectivity index (χ4n) is 1.81. The van der Waals surface area contributed by atoms with Crippen LogP contribution in [0, 0.1) is 0 Å². The zero-order valence-electron chi connectivity index (χ0n) is 11.7. The van der Waals surface area contributed by atoms with Gasteiger partial charge in [-0.1, -0.05) is 39.7 Å². The summed E-state index contributed by atoms with van der Waals surface area (Å²) < 4.78 is 45.8. The molecule has 0 aliphatic carbocycles. The van der Waals surface area contributed by atoms with E-state index in [9.17, 15) is 18.0 Å². The molecule has 1 aromatic carbocycles. The number of alkyl halides is 3. The minimum Gasteiger partial charge on any atom is -0.441 e. The molecule has 2 rings (SSSR count). The second-order valence-electron chi connectivity index (χ2n) is 4.80. The summed E-state index contributed by atoms with van der Waals surface area (Å²) in [6.45, 7) is 0.802. The fourth-order valence-corrected chi connectivity index (χ4v) is 2.32. The lowest BCUT2D eigenvalue weighted by atomic mass is 9.95. The second kappa shape index (κ2) is 6.49. The lowest BCUT2D eigenvalue weighted by Crippen LogP contribution is -2.43. The molecular weight excluding hydrogens is 399 g/mol. The molecule has 0 radical (unpaired) electrons. The van der Waals surface area contributed by atoms with Crippen LogP contribution in [0.15, 0.2) is 47.1 Å². The highest BCUT2D eigenvalue weighted by Gasteiger charge is 2.56. The summed E-state index contributed by atoms with van der Waals surface area (Å²) in [7, 11) is 0. The highest BCUT2D eigenvalue weighted by atomic mass is 79.9. The number of pyridine rings is 1. The van der Waals surface area contributed by atoms with Crippen molar-refractivity contribution >= 4 is 33.5 Å². The van der Waals surface area contributed by atoms with Crippen molar-refractivity contribution in [3.05, 3.63) is 63.3 Å². The highest BCUT2D eigenvalue weighted by molar-refractivity contribution is 9.10. The number of halogens is 5. The summed E-state index contributed by atoms with van der Waals surface area (Å²) in [5.41, 5.74) is -3.12. The number of carbonyl (C=O) groups is 1. The number of rotatable bonds is 3. The molecule has 0 aliphatic rings. The van der Waals surface area contributed by atoms with Gasteiger partial charge in [0.15, 0.2) is 0 Å². The monoisotopic (exact) mass is 407 g/mol. The van der Waals surface area contributed by atoms with Crippen LogP contribution in [0.2, 0.25) is 5.15 Å². The van der Waals surface area contributed by atoms with Gasteiger partial charge in [-0.3, -0.25) is 0 Å². The Hall–Kier alpha value is -1.60. The maximum atomic E-state index is 13.5. The Kier molecular flexibility index (Phi) is 5.01. The number of ether oxygens (including phenoxy) is 1. The summed E-state index contributed by atoms with van der Waals surface area (Å²) in [6.07, 6.45) is -3.74. The zero-order valence-corrected chi connectivity index (χ0v) is 14.0. The summed E-state index contributed by atoms with van der Waals surface area (Å²) in [5, 5.41) is 0.118. The standard InChI is InChI=1S/C15H10BrClF3NO2/c1-14(15(18,19)20,10-3-2-4-11(16)7-10)23-13(22)9-5-6-12(17)21-8-9/h2-8H,1H3. The van der Waals surface area contributed by atoms with E-state index in [1.165, 1.54) is 30.3 Å². The van der Waals surface area contributed by atoms with Crippen LogP contribution in [0.5, 0.6) is 0 Å². The maximum Gasteiger partial charge on any atom is 0.432 e. The molecule has 0 spiro atoms. The van der Waals surface area contributed by atoms with Gasteiger partial charge in [-0.15, -0.1) is 0 Å². The normalized spacial score (nSPS) is 14.2. The third-order valence-electron chi connectivity index (χ3n) is 3.18. The topological polar surface area (TPSA) is 39.2 Å². The van der Waals surface area contributed by atoms with Crippen LogP contribution >= 0.6 is 27.5 Å². The van der Waals surface area contributed by atoms with Gasteiger partial charge >= 0.3 is 12.1 Å². The molecule has 8 heteroatoms. The molecule has 1 unspecified atom stereocenters. The molecule has 0 saturated heterocycles. The van der Waals surface area contributed by atoms with Gasteiger partial charge in [-0.05, 0) is 31.2 Å². The predicted octanol–water partition coefficient (Wildman–Crippen LogP) is 5.13. The first-order valence-corrected chi connectivity index (χ1v) is 7.48. The maximum absolute atomic E-state index is 13.5. The number of carbonyl (C=O) groups excluding carboxylic acids is 1. The van der Waals surface area contributed by atoms with Gasteiger partial charge in [0.05, 0.1) is 5.56 Å². The summed E-state index contributed by atoms with van der Waals surface area (Å²) in [4.78, 5) is 15.7. The van der Waals surface area contributed by atoms with Crippen molar-refractivity contribution in [3.8, 4) is 0 Å². The largest absolute Gasteiger partial charge is 0.441 e. The summed E-state index contributed by atoms with van der Waals surface area (Å²) >= 11 is 8.69. The number of hydrogen-bond acceptors (Lipinski definition) is 3. The van der Waals surface area contributed by atoms with E-state index in [1.807, 2.05) is 0 Å². The highest BCUT2D eigenvalue weighted by Crippen LogP contribution is 2.43. The fraction of sp³-hybridized carbons (Fsp3) is 0.200. The van der Waals surface area contributed by atoms with Crippen LogP contribution < -0.4 is 0 Å². The Labute approximate surface area is 143 Å². The molecule has 122 valence electrons. The van der Waals surface area contributed by atoms with Crippen molar-refractivity contribution in [2.75, 3.05) is 0 Å². The molecule has 0 amide bonds. The smallest absolute Gasteiger partial charge is 0.432 e. The lowest BCUT2D eigenvalue weighted by molar-refractivity contribution is -0.258. The van der Waals surface area contributed by atoms with Crippen molar-refractivity contribution in [1.82, 2.24) is 4.98 Å². The molecule has 2 aromatic rings. The lowest BCUT2D eigenvalue weighted by Gasteiger charge is -2.32. The average Bonchev–Trinajstić information content (AvgIpc) is 2.46. The van der Waals surface area contributed by atoms with Crippen molar-refractivity contribution in [2.24, 2.45) is 0 Å². The van der Waals surface area contributed by atoms with E-state index in [2.05, 4.69) is 20.9 Å². The Balaban J connectivity index is 2.40. The Morgan fingerprint density at radius 3 is 2.48 bits per heavy atom. The van der Waals surface area contributed by atoms with Gasteiger partial charge < -0.3 is 4.74 Å². The Bertz CT molecular complexity index is 721. The van der Waals surface area contributed by atoms with Gasteiger partial charge in [0, 0.05) is 16.2 Å². The Morgan fingerprint density at radius 1 is 1.26 bits per heavy atom. The minimum absolute atomic E-state index is 0.118. The predicted molar refractivity (Wildman–Crippen MR) is 82.2 cm³/mol. The van der Waals surface area contributed by atoms with Crippen LogP contribution in [0.3, 0.4) is 0 Å². The molecule has 0 saturated carbocycles. The third kappa shape index (κ3) is 3.84. The first kappa shape index (κ1) is 17.7. The van der Waals surface area contributed by atoms with Crippen LogP contribution in [-0.2, 0) is 10.3 Å². The van der Waals surface area contributed by atoms with E-state index in [1.54, 1.807) is 6.07 Å². The molecule has 1 heterocycles. The van der Waals surface area contributed by atoms with Crippen LogP contribution in [0.25, 0.3) is 0 Å². The average molecular weight is 409 g/mol. The SMILES string of the molecule is CC(OC(=O)c1ccc(Cl)nc1)(c1cccc(Br)c1)C(F)(F)F. The first-order chi connectivity index (χ1) is 10.6. The van der Waals surface area contributed by atoms with Crippen LogP contribution in [-0.4, -0.2) is 17.1 Å². The van der Waals surface area contributed by atoms with Gasteiger partial charge in [0.1, 0.15) is 5.15 Å². The molecule has 0 fully saturated rings. The van der Waals surface area contributed by atoms with E-state index < -0.39 is 17.7 Å². The van der Waals surface area contributed by atoms with E-state index in [0.717, 1.165) is 13.1 Å². The van der Waals surface area contributed by atoms with Gasteiger partial charge in [0.2, 0.25) is 5.60 Å². The van der Waals surface area contributed by atoms with Gasteiger partial charge in [0.25, 0.3) is 0 Å². The van der Waals surface area contributed by atoms with E-state index in [-0.39, 0.29) is 16.3 Å². The van der Waals surface area contributed by atoms with Crippen molar-refractivity contribution in [3.63, 3.8) is 0 Å².